The van der Waals surface area contributed by atoms with Gasteiger partial charge in [0.2, 0.25) is 0 Å². The van der Waals surface area contributed by atoms with Crippen LogP contribution in [0.2, 0.25) is 0 Å². The molecule has 0 spiro atoms. The molecule has 5 unspecified atom stereocenters. The second kappa shape index (κ2) is 17.0. The molecule has 0 radical (unpaired) electrons. The third-order valence-electron chi connectivity index (χ3n) is 9.88. The zero-order valence-corrected chi connectivity index (χ0v) is 30.2. The molecule has 47 heavy (non-hydrogen) atoms. The van der Waals surface area contributed by atoms with Crippen LogP contribution in [0.5, 0.6) is 0 Å². The minimum absolute atomic E-state index is 0.0147. The van der Waals surface area contributed by atoms with Crippen LogP contribution in [-0.2, 0) is 28.5 Å². The predicted octanol–water partition coefficient (Wildman–Crippen LogP) is 2.95. The second-order valence-electron chi connectivity index (χ2n) is 14.7. The quantitative estimate of drug-likeness (QED) is 0.261. The molecule has 2 heterocycles. The molecule has 2 N–H and O–H groups in total. The highest BCUT2D eigenvalue weighted by Crippen LogP contribution is 2.38. The lowest BCUT2D eigenvalue weighted by Crippen LogP contribution is -2.59. The molecule has 0 aromatic rings. The van der Waals surface area contributed by atoms with E-state index in [1.807, 2.05) is 51.6 Å². The normalized spacial score (nSPS) is 36.0. The van der Waals surface area contributed by atoms with Gasteiger partial charge < -0.3 is 34.1 Å². The van der Waals surface area contributed by atoms with Gasteiger partial charge in [0.1, 0.15) is 18.1 Å². The third kappa shape index (κ3) is 11.1. The number of nitrogens with zero attached hydrogens (tertiary/aromatic N) is 3. The Bertz CT molecular complexity index is 1020. The SMILES string of the molecule is CCN1CC(C)CC(C)(OC)C(O[C@@H]2O[C@H](C)C[C@H](N(C)C)[C@H]2O)C(C)C(=O)C(C)(C)C(=O)OCC1[C@H](O)CCN(C)CC(F)(F)F. The van der Waals surface area contributed by atoms with Crippen LogP contribution in [0.4, 0.5) is 13.2 Å². The number of hydrogen-bond donors (Lipinski definition) is 2. The average molecular weight is 684 g/mol. The summed E-state index contributed by atoms with van der Waals surface area (Å²) in [6.07, 6.45) is -7.75. The highest BCUT2D eigenvalue weighted by Gasteiger charge is 2.51. The summed E-state index contributed by atoms with van der Waals surface area (Å²) < 4.78 is 63.2. The fraction of sp³-hybridized carbons (Fsp3) is 0.939. The van der Waals surface area contributed by atoms with Crippen LogP contribution >= 0.6 is 0 Å². The van der Waals surface area contributed by atoms with E-state index in [4.69, 9.17) is 18.9 Å². The number of esters is 1. The van der Waals surface area contributed by atoms with Crippen LogP contribution in [0.1, 0.15) is 67.7 Å². The molecule has 14 heteroatoms. The number of hydrogen-bond acceptors (Lipinski definition) is 11. The van der Waals surface area contributed by atoms with Gasteiger partial charge in [-0.25, -0.2) is 0 Å². The van der Waals surface area contributed by atoms with Crippen LogP contribution in [0.15, 0.2) is 0 Å². The minimum atomic E-state index is -4.37. The summed E-state index contributed by atoms with van der Waals surface area (Å²) >= 11 is 0. The molecule has 10 atom stereocenters. The first kappa shape index (κ1) is 41.8. The summed E-state index contributed by atoms with van der Waals surface area (Å²) in [5.74, 6) is -2.25. The minimum Gasteiger partial charge on any atom is -0.463 e. The Morgan fingerprint density at radius 1 is 1.13 bits per heavy atom. The van der Waals surface area contributed by atoms with Gasteiger partial charge in [0.05, 0.1) is 36.5 Å². The molecular weight excluding hydrogens is 623 g/mol. The Kier molecular flexibility index (Phi) is 15.1. The van der Waals surface area contributed by atoms with Gasteiger partial charge in [0.15, 0.2) is 12.1 Å². The summed E-state index contributed by atoms with van der Waals surface area (Å²) in [5, 5.41) is 22.6. The van der Waals surface area contributed by atoms with Crippen molar-refractivity contribution in [2.45, 2.75) is 122 Å². The lowest BCUT2D eigenvalue weighted by Gasteiger charge is -2.47. The van der Waals surface area contributed by atoms with Crippen molar-refractivity contribution in [1.82, 2.24) is 14.7 Å². The van der Waals surface area contributed by atoms with E-state index in [1.54, 1.807) is 6.92 Å². The molecule has 2 aliphatic heterocycles. The second-order valence-corrected chi connectivity index (χ2v) is 14.7. The fourth-order valence-electron chi connectivity index (χ4n) is 7.10. The van der Waals surface area contributed by atoms with E-state index < -0.39 is 72.1 Å². The Morgan fingerprint density at radius 2 is 1.74 bits per heavy atom. The van der Waals surface area contributed by atoms with E-state index >= 15 is 0 Å². The van der Waals surface area contributed by atoms with Crippen LogP contribution in [0.3, 0.4) is 0 Å². The number of Topliss-reactive ketones (excluding diaryl/α,β-unsaturated/α-hetero) is 1. The van der Waals surface area contributed by atoms with Gasteiger partial charge >= 0.3 is 12.1 Å². The van der Waals surface area contributed by atoms with Crippen molar-refractivity contribution in [3.05, 3.63) is 0 Å². The lowest BCUT2D eigenvalue weighted by molar-refractivity contribution is -0.295. The summed E-state index contributed by atoms with van der Waals surface area (Å²) in [4.78, 5) is 32.7. The monoisotopic (exact) mass is 683 g/mol. The van der Waals surface area contributed by atoms with E-state index in [2.05, 4.69) is 0 Å². The van der Waals surface area contributed by atoms with Crippen molar-refractivity contribution in [1.29, 1.82) is 0 Å². The number of rotatable bonds is 10. The van der Waals surface area contributed by atoms with Gasteiger partial charge in [-0.15, -0.1) is 0 Å². The number of likely N-dealkylation sites (N-methyl/N-ethyl adjacent to an activating group) is 2. The number of ketones is 1. The van der Waals surface area contributed by atoms with Crippen molar-refractivity contribution < 1.29 is 51.9 Å². The molecule has 276 valence electrons. The summed E-state index contributed by atoms with van der Waals surface area (Å²) in [7, 11) is 6.60. The van der Waals surface area contributed by atoms with Gasteiger partial charge in [-0.2, -0.15) is 13.2 Å². The number of alkyl halides is 3. The first-order valence-corrected chi connectivity index (χ1v) is 16.7. The van der Waals surface area contributed by atoms with E-state index in [0.717, 1.165) is 4.90 Å². The van der Waals surface area contributed by atoms with Crippen molar-refractivity contribution in [3.63, 3.8) is 0 Å². The Balaban J connectivity index is 2.49. The van der Waals surface area contributed by atoms with Crippen molar-refractivity contribution in [2.24, 2.45) is 17.3 Å². The molecular formula is C33H60F3N3O8. The maximum atomic E-state index is 14.2. The van der Waals surface area contributed by atoms with Crippen LogP contribution in [0.25, 0.3) is 0 Å². The maximum absolute atomic E-state index is 14.2. The largest absolute Gasteiger partial charge is 0.463 e. The summed E-state index contributed by atoms with van der Waals surface area (Å²) in [6, 6.07) is -0.982. The Morgan fingerprint density at radius 3 is 2.28 bits per heavy atom. The Labute approximate surface area is 279 Å². The van der Waals surface area contributed by atoms with Crippen molar-refractivity contribution >= 4 is 11.8 Å². The van der Waals surface area contributed by atoms with E-state index in [-0.39, 0.29) is 37.6 Å². The lowest BCUT2D eigenvalue weighted by atomic mass is 9.74. The van der Waals surface area contributed by atoms with Gasteiger partial charge in [-0.3, -0.25) is 19.4 Å². The van der Waals surface area contributed by atoms with E-state index in [9.17, 15) is 33.0 Å². The summed E-state index contributed by atoms with van der Waals surface area (Å²) in [5.41, 5.74) is -2.71. The molecule has 0 aromatic heterocycles. The Hall–Kier alpha value is -1.39. The predicted molar refractivity (Wildman–Crippen MR) is 171 cm³/mol. The molecule has 2 rings (SSSR count). The fourth-order valence-corrected chi connectivity index (χ4v) is 7.10. The molecule has 11 nitrogen and oxygen atoms in total. The number of ether oxygens (including phenoxy) is 4. The van der Waals surface area contributed by atoms with Gasteiger partial charge in [-0.1, -0.05) is 20.8 Å². The van der Waals surface area contributed by atoms with Gasteiger partial charge in [0, 0.05) is 32.2 Å². The molecule has 0 bridgehead atoms. The first-order chi connectivity index (χ1) is 21.6. The zero-order valence-electron chi connectivity index (χ0n) is 30.2. The van der Waals surface area contributed by atoms with Gasteiger partial charge in [-0.05, 0) is 80.6 Å². The van der Waals surface area contributed by atoms with Crippen molar-refractivity contribution in [3.8, 4) is 0 Å². The molecule has 2 saturated heterocycles. The van der Waals surface area contributed by atoms with Gasteiger partial charge in [0.25, 0.3) is 0 Å². The number of methoxy groups -OCH3 is 1. The molecule has 2 fully saturated rings. The molecule has 0 aromatic carbocycles. The van der Waals surface area contributed by atoms with E-state index in [1.165, 1.54) is 28.0 Å². The van der Waals surface area contributed by atoms with Crippen LogP contribution in [-0.4, -0.2) is 152 Å². The zero-order chi connectivity index (χ0) is 36.1. The van der Waals surface area contributed by atoms with E-state index in [0.29, 0.717) is 25.9 Å². The molecule has 0 amide bonds. The van der Waals surface area contributed by atoms with Crippen LogP contribution in [0, 0.1) is 17.3 Å². The first-order valence-electron chi connectivity index (χ1n) is 16.7. The smallest absolute Gasteiger partial charge is 0.401 e. The van der Waals surface area contributed by atoms with Crippen LogP contribution < -0.4 is 0 Å². The number of carbonyl (C=O) groups excluding carboxylic acids is 2. The number of aliphatic hydroxyl groups excluding tert-OH is 2. The van der Waals surface area contributed by atoms with Crippen molar-refractivity contribution in [2.75, 3.05) is 61.0 Å². The third-order valence-corrected chi connectivity index (χ3v) is 9.88. The molecule has 0 saturated carbocycles. The highest BCUT2D eigenvalue weighted by molar-refractivity contribution is 6.04. The maximum Gasteiger partial charge on any atom is 0.401 e. The summed E-state index contributed by atoms with van der Waals surface area (Å²) in [6.45, 7) is 11.7. The average Bonchev–Trinajstić information content (AvgIpc) is 2.97. The molecule has 2 aliphatic rings. The standard InChI is InChI=1S/C33H60F3N3O8/c1-12-39-17-20(2)16-32(7,44-11)28(47-29-26(41)23(37(8)9)15-21(3)46-29)22(4)27(42)31(5,6)30(43)45-18-24(39)25(40)13-14-38(10)19-33(34,35)36/h20-26,28-29,40-41H,12-19H2,1-11H3/t20?,21-,22?,23+,24?,25-,26-,28?,29+,32?/m1/s1. The highest BCUT2D eigenvalue weighted by atomic mass is 19.4. The number of carbonyl (C=O) groups is 2. The topological polar surface area (TPSA) is 121 Å². The number of halogens is 3. The number of cyclic esters (lactones) is 1. The molecule has 0 aliphatic carbocycles. The number of aliphatic hydroxyl groups is 2.